The number of hydrogen-bond acceptors (Lipinski definition) is 4. The minimum atomic E-state index is -5.08. The Hall–Kier alpha value is -2.80. The normalized spacial score (nSPS) is 10.6. The molecule has 0 aliphatic carbocycles. The molecule has 0 fully saturated rings. The van der Waals surface area contributed by atoms with Crippen LogP contribution < -0.4 is 0 Å². The predicted molar refractivity (Wildman–Crippen MR) is 51.8 cm³/mol. The van der Waals surface area contributed by atoms with Crippen LogP contribution in [-0.4, -0.2) is 56.7 Å². The summed E-state index contributed by atoms with van der Waals surface area (Å²) in [7, 11) is 0. The van der Waals surface area contributed by atoms with Gasteiger partial charge in [-0.3, -0.25) is 0 Å². The van der Waals surface area contributed by atoms with Crippen molar-refractivity contribution >= 4 is 23.9 Å². The largest absolute Gasteiger partial charge is 0.490 e. The molecule has 0 bridgehead atoms. The van der Waals surface area contributed by atoms with Gasteiger partial charge >= 0.3 is 36.2 Å². The van der Waals surface area contributed by atoms with Gasteiger partial charge in [-0.25, -0.2) is 19.2 Å². The zero-order valence-corrected chi connectivity index (χ0v) is 9.84. The van der Waals surface area contributed by atoms with E-state index in [4.69, 9.17) is 30.0 Å². The molecule has 14 heteroatoms. The average Bonchev–Trinajstić information content (AvgIpc) is 2.25. The van der Waals surface area contributed by atoms with Crippen LogP contribution in [0.3, 0.4) is 0 Å². The second kappa shape index (κ2) is 10.0. The van der Waals surface area contributed by atoms with E-state index >= 15 is 0 Å². The van der Waals surface area contributed by atoms with Gasteiger partial charge in [0, 0.05) is 12.2 Å². The van der Waals surface area contributed by atoms with Gasteiger partial charge in [0.15, 0.2) is 0 Å². The molecule has 22 heavy (non-hydrogen) atoms. The van der Waals surface area contributed by atoms with E-state index in [1.54, 1.807) is 0 Å². The third-order valence-electron chi connectivity index (χ3n) is 0.853. The molecule has 0 atom stereocenters. The Morgan fingerprint density at radius 1 is 0.591 bits per heavy atom. The molecule has 4 N–H and O–H groups in total. The van der Waals surface area contributed by atoms with Crippen LogP contribution in [0.4, 0.5) is 26.3 Å². The molecule has 8 nitrogen and oxygen atoms in total. The van der Waals surface area contributed by atoms with E-state index in [-0.39, 0.29) is 0 Å². The molecule has 0 aromatic carbocycles. The Kier molecular flexibility index (Phi) is 11.0. The van der Waals surface area contributed by atoms with Crippen molar-refractivity contribution < 1.29 is 65.9 Å². The fourth-order valence-electron chi connectivity index (χ4n) is 0.143. The maximum absolute atomic E-state index is 10.6. The first-order chi connectivity index (χ1) is 9.51. The summed E-state index contributed by atoms with van der Waals surface area (Å²) in [6.45, 7) is 0. The number of aliphatic carboxylic acids is 4. The van der Waals surface area contributed by atoms with E-state index in [1.807, 2.05) is 0 Å². The van der Waals surface area contributed by atoms with Crippen LogP contribution >= 0.6 is 0 Å². The van der Waals surface area contributed by atoms with Crippen molar-refractivity contribution in [3.05, 3.63) is 12.2 Å². The van der Waals surface area contributed by atoms with E-state index < -0.39 is 36.2 Å². The Labute approximate surface area is 115 Å². The van der Waals surface area contributed by atoms with E-state index in [2.05, 4.69) is 0 Å². The number of alkyl halides is 6. The maximum atomic E-state index is 10.6. The first kappa shape index (κ1) is 24.2. The maximum Gasteiger partial charge on any atom is 0.490 e. The summed E-state index contributed by atoms with van der Waals surface area (Å²) in [5, 5.41) is 29.9. The molecule has 0 amide bonds. The summed E-state index contributed by atoms with van der Waals surface area (Å²) in [6, 6.07) is 0. The molecule has 0 aromatic heterocycles. The average molecular weight is 344 g/mol. The van der Waals surface area contributed by atoms with Gasteiger partial charge in [0.25, 0.3) is 0 Å². The smallest absolute Gasteiger partial charge is 0.478 e. The van der Waals surface area contributed by atoms with Gasteiger partial charge in [-0.05, 0) is 0 Å². The van der Waals surface area contributed by atoms with Crippen LogP contribution in [0.5, 0.6) is 0 Å². The van der Waals surface area contributed by atoms with Crippen LogP contribution in [0.15, 0.2) is 12.2 Å². The third-order valence-corrected chi connectivity index (χ3v) is 0.853. The molecular formula is C8H6F6O8. The van der Waals surface area contributed by atoms with Gasteiger partial charge < -0.3 is 20.4 Å². The minimum absolute atomic E-state index is 0.558. The highest BCUT2D eigenvalue weighted by molar-refractivity contribution is 5.89. The molecule has 0 aliphatic heterocycles. The van der Waals surface area contributed by atoms with E-state index in [1.165, 1.54) is 0 Å². The molecule has 0 unspecified atom stereocenters. The van der Waals surface area contributed by atoms with Crippen LogP contribution in [0, 0.1) is 0 Å². The summed E-state index contributed by atoms with van der Waals surface area (Å²) in [4.78, 5) is 36.9. The summed E-state index contributed by atoms with van der Waals surface area (Å²) < 4.78 is 63.5. The molecule has 0 saturated carbocycles. The minimum Gasteiger partial charge on any atom is -0.478 e. The van der Waals surface area contributed by atoms with Crippen LogP contribution in [0.1, 0.15) is 0 Å². The predicted octanol–water partition coefficient (Wildman–Crippen LogP) is 0.978. The summed E-state index contributed by atoms with van der Waals surface area (Å²) in [5.74, 6) is -8.03. The monoisotopic (exact) mass is 344 g/mol. The van der Waals surface area contributed by atoms with Crippen LogP contribution in [0.2, 0.25) is 0 Å². The Balaban J connectivity index is -0.000000247. The summed E-state index contributed by atoms with van der Waals surface area (Å²) in [5.41, 5.74) is 0. The van der Waals surface area contributed by atoms with Gasteiger partial charge in [-0.1, -0.05) is 0 Å². The summed E-state index contributed by atoms with van der Waals surface area (Å²) >= 11 is 0. The molecular weight excluding hydrogens is 338 g/mol. The Bertz CT molecular complexity index is 395. The number of rotatable bonds is 2. The second-order valence-corrected chi connectivity index (χ2v) is 2.62. The van der Waals surface area contributed by atoms with Crippen LogP contribution in [-0.2, 0) is 19.2 Å². The number of hydrogen-bond donors (Lipinski definition) is 4. The van der Waals surface area contributed by atoms with Crippen LogP contribution in [0.25, 0.3) is 0 Å². The molecule has 0 radical (unpaired) electrons. The van der Waals surface area contributed by atoms with Crippen molar-refractivity contribution in [3.63, 3.8) is 0 Å². The van der Waals surface area contributed by atoms with E-state index in [0.29, 0.717) is 12.2 Å². The highest BCUT2D eigenvalue weighted by atomic mass is 19.4. The third kappa shape index (κ3) is 22.4. The number of carboxylic acids is 4. The lowest BCUT2D eigenvalue weighted by Crippen LogP contribution is -2.21. The molecule has 0 heterocycles. The lowest BCUT2D eigenvalue weighted by molar-refractivity contribution is -0.193. The van der Waals surface area contributed by atoms with Crippen molar-refractivity contribution in [2.45, 2.75) is 12.4 Å². The fraction of sp³-hybridized carbons (Fsp3) is 0.250. The van der Waals surface area contributed by atoms with Crippen molar-refractivity contribution in [3.8, 4) is 0 Å². The van der Waals surface area contributed by atoms with Crippen molar-refractivity contribution in [2.24, 2.45) is 0 Å². The molecule has 0 aromatic rings. The van der Waals surface area contributed by atoms with E-state index in [9.17, 15) is 35.9 Å². The molecule has 0 spiro atoms. The van der Waals surface area contributed by atoms with Crippen molar-refractivity contribution in [1.29, 1.82) is 0 Å². The Morgan fingerprint density at radius 2 is 0.727 bits per heavy atom. The number of carboxylic acid groups (broad SMARTS) is 4. The van der Waals surface area contributed by atoms with Crippen molar-refractivity contribution in [2.75, 3.05) is 0 Å². The van der Waals surface area contributed by atoms with E-state index in [0.717, 1.165) is 0 Å². The zero-order valence-electron chi connectivity index (χ0n) is 9.84. The highest BCUT2D eigenvalue weighted by Gasteiger charge is 2.38. The molecule has 0 rings (SSSR count). The highest BCUT2D eigenvalue weighted by Crippen LogP contribution is 2.13. The number of carbonyl (C=O) groups is 4. The quantitative estimate of drug-likeness (QED) is 0.428. The summed E-state index contributed by atoms with van der Waals surface area (Å²) in [6.07, 6.45) is -9.05. The topological polar surface area (TPSA) is 149 Å². The van der Waals surface area contributed by atoms with Gasteiger partial charge in [-0.15, -0.1) is 0 Å². The zero-order chi connectivity index (χ0) is 18.7. The van der Waals surface area contributed by atoms with Gasteiger partial charge in [0.1, 0.15) is 0 Å². The molecule has 0 saturated heterocycles. The molecule has 0 aliphatic rings. The van der Waals surface area contributed by atoms with Gasteiger partial charge in [0.05, 0.1) is 0 Å². The SMILES string of the molecule is O=C(O)/C=C/C(=O)O.O=C(O)C(F)(F)F.O=C(O)C(F)(F)F. The van der Waals surface area contributed by atoms with Crippen molar-refractivity contribution in [1.82, 2.24) is 0 Å². The standard InChI is InChI=1S/C4H4O4.2C2HF3O2/c5-3(6)1-2-4(7)8;2*3-2(4,5)1(6)7/h1-2H,(H,5,6)(H,7,8);2*(H,6,7)/b2-1+;;. The number of halogens is 6. The Morgan fingerprint density at radius 3 is 0.773 bits per heavy atom. The lowest BCUT2D eigenvalue weighted by Gasteiger charge is -1.93. The van der Waals surface area contributed by atoms with Gasteiger partial charge in [-0.2, -0.15) is 26.3 Å². The van der Waals surface area contributed by atoms with Gasteiger partial charge in [0.2, 0.25) is 0 Å². The first-order valence-electron chi connectivity index (χ1n) is 4.26. The first-order valence-corrected chi connectivity index (χ1v) is 4.26. The molecule has 128 valence electrons. The fourth-order valence-corrected chi connectivity index (χ4v) is 0.143. The second-order valence-electron chi connectivity index (χ2n) is 2.62. The lowest BCUT2D eigenvalue weighted by atomic mass is 10.5.